The Bertz CT molecular complexity index is 838. The topological polar surface area (TPSA) is 62.4 Å². The van der Waals surface area contributed by atoms with Gasteiger partial charge < -0.3 is 10.8 Å². The Kier molecular flexibility index (Phi) is 7.26. The molecule has 0 spiro atoms. The second kappa shape index (κ2) is 9.66. The third-order valence-corrected chi connectivity index (χ3v) is 6.12. The molecule has 27 heavy (non-hydrogen) atoms. The zero-order valence-electron chi connectivity index (χ0n) is 15.8. The lowest BCUT2D eigenvalue weighted by molar-refractivity contribution is 0.119. The van der Waals surface area contributed by atoms with Crippen LogP contribution in [0.5, 0.6) is 0 Å². The van der Waals surface area contributed by atoms with Crippen LogP contribution in [0.25, 0.3) is 10.2 Å². The van der Waals surface area contributed by atoms with Crippen molar-refractivity contribution in [3.8, 4) is 0 Å². The summed E-state index contributed by atoms with van der Waals surface area (Å²) in [5.41, 5.74) is 10.3. The average Bonchev–Trinajstić information content (AvgIpc) is 3.09. The van der Waals surface area contributed by atoms with E-state index >= 15 is 0 Å². The van der Waals surface area contributed by atoms with Gasteiger partial charge >= 0.3 is 0 Å². The van der Waals surface area contributed by atoms with Crippen LogP contribution in [0.4, 0.5) is 0 Å². The summed E-state index contributed by atoms with van der Waals surface area (Å²) in [6.45, 7) is 5.81. The van der Waals surface area contributed by atoms with Gasteiger partial charge in [-0.25, -0.2) is 9.29 Å². The number of aromatic nitrogens is 1. The second-order valence-corrected chi connectivity index (χ2v) is 9.29. The fraction of sp³-hybridized carbons (Fsp3) is 0.381. The summed E-state index contributed by atoms with van der Waals surface area (Å²) in [7, 11) is 0. The zero-order valence-corrected chi connectivity index (χ0v) is 17.4. The summed E-state index contributed by atoms with van der Waals surface area (Å²) in [5, 5.41) is 10.7. The molecule has 3 N–H and O–H groups in total. The first-order valence-electron chi connectivity index (χ1n) is 9.25. The van der Waals surface area contributed by atoms with Crippen LogP contribution in [0.2, 0.25) is 0 Å². The molecule has 0 fully saturated rings. The van der Waals surface area contributed by atoms with Gasteiger partial charge in [-0.1, -0.05) is 44.2 Å². The molecule has 0 bridgehead atoms. The van der Waals surface area contributed by atoms with E-state index in [1.165, 1.54) is 4.70 Å². The number of fused-ring (bicyclic) bond motifs is 1. The van der Waals surface area contributed by atoms with Gasteiger partial charge in [0.1, 0.15) is 0 Å². The third-order valence-electron chi connectivity index (χ3n) is 4.31. The number of thiazole rings is 1. The molecule has 2 aromatic carbocycles. The summed E-state index contributed by atoms with van der Waals surface area (Å²) in [5.74, 6) is 0.502. The van der Waals surface area contributed by atoms with E-state index in [0.29, 0.717) is 18.9 Å². The molecule has 0 aliphatic rings. The van der Waals surface area contributed by atoms with Crippen molar-refractivity contribution >= 4 is 33.5 Å². The highest BCUT2D eigenvalue weighted by molar-refractivity contribution is 7.97. The fourth-order valence-electron chi connectivity index (χ4n) is 2.96. The number of hydrogen-bond donors (Lipinski definition) is 2. The van der Waals surface area contributed by atoms with Crippen molar-refractivity contribution < 1.29 is 5.11 Å². The Morgan fingerprint density at radius 1 is 1.15 bits per heavy atom. The van der Waals surface area contributed by atoms with E-state index in [-0.39, 0.29) is 6.04 Å². The van der Waals surface area contributed by atoms with Gasteiger partial charge in [0.05, 0.1) is 21.8 Å². The summed E-state index contributed by atoms with van der Waals surface area (Å²) in [6.07, 6.45) is 0.0956. The molecular weight excluding hydrogens is 374 g/mol. The second-order valence-electron chi connectivity index (χ2n) is 7.23. The lowest BCUT2D eigenvalue weighted by Gasteiger charge is -2.28. The zero-order chi connectivity index (χ0) is 19.2. The molecule has 0 saturated heterocycles. The van der Waals surface area contributed by atoms with Crippen molar-refractivity contribution in [3.63, 3.8) is 0 Å². The molecule has 4 nitrogen and oxygen atoms in total. The summed E-state index contributed by atoms with van der Waals surface area (Å²) in [6, 6.07) is 16.1. The van der Waals surface area contributed by atoms with E-state index in [0.717, 1.165) is 22.5 Å². The van der Waals surface area contributed by atoms with Crippen LogP contribution in [-0.2, 0) is 6.42 Å². The molecule has 3 aromatic rings. The van der Waals surface area contributed by atoms with Gasteiger partial charge in [0.25, 0.3) is 0 Å². The minimum absolute atomic E-state index is 0.286. The minimum Gasteiger partial charge on any atom is -0.390 e. The quantitative estimate of drug-likeness (QED) is 0.526. The Labute approximate surface area is 169 Å². The van der Waals surface area contributed by atoms with Crippen LogP contribution < -0.4 is 5.73 Å². The lowest BCUT2D eigenvalue weighted by atomic mass is 10.0. The van der Waals surface area contributed by atoms with Gasteiger partial charge in [0, 0.05) is 24.0 Å². The fourth-order valence-corrected chi connectivity index (χ4v) is 4.95. The van der Waals surface area contributed by atoms with Gasteiger partial charge in [-0.2, -0.15) is 0 Å². The predicted octanol–water partition coefficient (Wildman–Crippen LogP) is 4.19. The maximum Gasteiger partial charge on any atom is 0.0830 e. The normalized spacial score (nSPS) is 14.1. The lowest BCUT2D eigenvalue weighted by Crippen LogP contribution is -2.43. The summed E-state index contributed by atoms with van der Waals surface area (Å²) in [4.78, 5) is 5.50. The summed E-state index contributed by atoms with van der Waals surface area (Å²) >= 11 is 3.33. The Hall–Kier alpha value is -1.44. The van der Waals surface area contributed by atoms with E-state index < -0.39 is 6.10 Å². The van der Waals surface area contributed by atoms with Crippen LogP contribution in [0.15, 0.2) is 58.9 Å². The number of aliphatic hydroxyl groups excluding tert-OH is 1. The molecule has 0 saturated carbocycles. The molecule has 0 radical (unpaired) electrons. The Morgan fingerprint density at radius 3 is 2.67 bits per heavy atom. The maximum absolute atomic E-state index is 10.7. The number of nitrogens with zero attached hydrogens (tertiary/aromatic N) is 2. The molecule has 3 rings (SSSR count). The van der Waals surface area contributed by atoms with Crippen molar-refractivity contribution in [1.82, 2.24) is 9.29 Å². The number of aliphatic hydroxyl groups is 1. The Balaban J connectivity index is 1.64. The highest BCUT2D eigenvalue weighted by Crippen LogP contribution is 2.29. The number of rotatable bonds is 9. The Morgan fingerprint density at radius 2 is 1.93 bits per heavy atom. The number of hydrogen-bond acceptors (Lipinski definition) is 6. The van der Waals surface area contributed by atoms with E-state index in [9.17, 15) is 5.11 Å². The van der Waals surface area contributed by atoms with Crippen molar-refractivity contribution in [2.75, 3.05) is 13.1 Å². The SMILES string of the molecule is CC(C)CN(C[C@@H](O)[C@@H](N)Cc1ccccc1)Sc1ccc2ncsc2c1. The van der Waals surface area contributed by atoms with Crippen LogP contribution in [0, 0.1) is 5.92 Å². The van der Waals surface area contributed by atoms with Crippen molar-refractivity contribution in [2.45, 2.75) is 37.3 Å². The largest absolute Gasteiger partial charge is 0.390 e. The van der Waals surface area contributed by atoms with Gasteiger partial charge in [-0.3, -0.25) is 0 Å². The molecular formula is C21H27N3OS2. The molecule has 1 aromatic heterocycles. The average molecular weight is 402 g/mol. The highest BCUT2D eigenvalue weighted by atomic mass is 32.2. The minimum atomic E-state index is -0.580. The molecule has 0 amide bonds. The van der Waals surface area contributed by atoms with Crippen molar-refractivity contribution in [1.29, 1.82) is 0 Å². The van der Waals surface area contributed by atoms with Crippen LogP contribution in [-0.4, -0.2) is 39.6 Å². The van der Waals surface area contributed by atoms with Crippen LogP contribution in [0.3, 0.4) is 0 Å². The van der Waals surface area contributed by atoms with Gasteiger partial charge in [-0.05, 0) is 48.0 Å². The van der Waals surface area contributed by atoms with Crippen molar-refractivity contribution in [3.05, 3.63) is 59.6 Å². The van der Waals surface area contributed by atoms with E-state index in [1.807, 2.05) is 23.7 Å². The molecule has 0 aliphatic heterocycles. The predicted molar refractivity (Wildman–Crippen MR) is 116 cm³/mol. The van der Waals surface area contributed by atoms with Crippen LogP contribution in [0.1, 0.15) is 19.4 Å². The molecule has 6 heteroatoms. The van der Waals surface area contributed by atoms with E-state index in [2.05, 4.69) is 53.5 Å². The standard InChI is InChI=1S/C21H27N3OS2/c1-15(2)12-24(27-17-8-9-19-21(11-17)26-14-23-19)13-20(25)18(22)10-16-6-4-3-5-7-16/h3-9,11,14-15,18,20,25H,10,12-13,22H2,1-2H3/t18-,20+/m0/s1. The first-order chi connectivity index (χ1) is 13.0. The first-order valence-corrected chi connectivity index (χ1v) is 10.9. The van der Waals surface area contributed by atoms with Gasteiger partial charge in [0.2, 0.25) is 0 Å². The maximum atomic E-state index is 10.7. The molecule has 1 heterocycles. The number of benzene rings is 2. The highest BCUT2D eigenvalue weighted by Gasteiger charge is 2.20. The van der Waals surface area contributed by atoms with E-state index in [4.69, 9.17) is 5.73 Å². The molecule has 2 atom stereocenters. The third kappa shape index (κ3) is 6.02. The van der Waals surface area contributed by atoms with E-state index in [1.54, 1.807) is 23.3 Å². The van der Waals surface area contributed by atoms with Crippen LogP contribution >= 0.6 is 23.3 Å². The van der Waals surface area contributed by atoms with Gasteiger partial charge in [0.15, 0.2) is 0 Å². The first kappa shape index (κ1) is 20.3. The molecule has 144 valence electrons. The van der Waals surface area contributed by atoms with Gasteiger partial charge in [-0.15, -0.1) is 11.3 Å². The monoisotopic (exact) mass is 401 g/mol. The summed E-state index contributed by atoms with van der Waals surface area (Å²) < 4.78 is 3.41. The molecule has 0 aliphatic carbocycles. The van der Waals surface area contributed by atoms with Crippen molar-refractivity contribution in [2.24, 2.45) is 11.7 Å². The number of nitrogens with two attached hydrogens (primary N) is 1. The smallest absolute Gasteiger partial charge is 0.0830 e. The molecule has 0 unspecified atom stereocenters.